The second-order valence-corrected chi connectivity index (χ2v) is 10.1. The van der Waals surface area contributed by atoms with Gasteiger partial charge in [-0.2, -0.15) is 0 Å². The molecule has 0 saturated heterocycles. The fraction of sp³-hybridized carbons (Fsp3) is 0.280. The molecule has 1 aromatic carbocycles. The van der Waals surface area contributed by atoms with Crippen molar-refractivity contribution in [2.24, 2.45) is 0 Å². The van der Waals surface area contributed by atoms with Gasteiger partial charge in [-0.1, -0.05) is 30.3 Å². The number of benzene rings is 1. The van der Waals surface area contributed by atoms with Crippen LogP contribution in [0.2, 0.25) is 0 Å². The maximum Gasteiger partial charge on any atom is 0.418 e. The molecule has 0 aliphatic carbocycles. The van der Waals surface area contributed by atoms with Gasteiger partial charge < -0.3 is 15.8 Å². The van der Waals surface area contributed by atoms with E-state index in [0.29, 0.717) is 6.54 Å². The summed E-state index contributed by atoms with van der Waals surface area (Å²) in [4.78, 5) is 44.0. The van der Waals surface area contributed by atoms with Crippen molar-refractivity contribution in [1.82, 2.24) is 15.2 Å². The first-order valence-corrected chi connectivity index (χ1v) is 11.8. The van der Waals surface area contributed by atoms with E-state index in [0.717, 1.165) is 16.2 Å². The molecule has 4 N–H and O–H groups in total. The third kappa shape index (κ3) is 7.54. The number of urea groups is 1. The average molecular weight is 496 g/mol. The number of carbonyl (C=O) groups excluding carboxylic acids is 3. The SMILES string of the molecule is CN(C(=O)Nc1ccc(C(=O)NCc2ccc(Cc3ccccc3)s2)c(N)n1)C(=O)OC(C)(C)C. The third-order valence-electron chi connectivity index (χ3n) is 4.74. The largest absolute Gasteiger partial charge is 0.443 e. The van der Waals surface area contributed by atoms with Crippen molar-refractivity contribution in [3.63, 3.8) is 0 Å². The summed E-state index contributed by atoms with van der Waals surface area (Å²) in [6, 6.07) is 16.4. The van der Waals surface area contributed by atoms with Crippen molar-refractivity contribution in [2.75, 3.05) is 18.1 Å². The molecule has 0 atom stereocenters. The summed E-state index contributed by atoms with van der Waals surface area (Å²) in [6.07, 6.45) is 0.0339. The molecule has 2 aromatic heterocycles. The number of rotatable bonds is 6. The number of ether oxygens (including phenoxy) is 1. The number of nitrogen functional groups attached to an aromatic ring is 1. The van der Waals surface area contributed by atoms with Crippen molar-refractivity contribution in [3.05, 3.63) is 75.5 Å². The van der Waals surface area contributed by atoms with Crippen molar-refractivity contribution in [3.8, 4) is 0 Å². The van der Waals surface area contributed by atoms with E-state index >= 15 is 0 Å². The third-order valence-corrected chi connectivity index (χ3v) is 5.82. The minimum absolute atomic E-state index is 0.0452. The first-order chi connectivity index (χ1) is 16.5. The number of aromatic nitrogens is 1. The molecule has 0 aliphatic rings. The summed E-state index contributed by atoms with van der Waals surface area (Å²) in [5.74, 6) is -0.323. The van der Waals surface area contributed by atoms with Crippen molar-refractivity contribution in [2.45, 2.75) is 39.3 Å². The van der Waals surface area contributed by atoms with Gasteiger partial charge in [-0.3, -0.25) is 10.1 Å². The zero-order valence-electron chi connectivity index (χ0n) is 20.1. The number of anilines is 2. The van der Waals surface area contributed by atoms with Crippen LogP contribution in [-0.2, 0) is 17.7 Å². The van der Waals surface area contributed by atoms with Crippen molar-refractivity contribution < 1.29 is 19.1 Å². The Hall–Kier alpha value is -3.92. The number of hydrogen-bond donors (Lipinski definition) is 3. The Morgan fingerprint density at radius 1 is 1.03 bits per heavy atom. The lowest BCUT2D eigenvalue weighted by atomic mass is 10.1. The molecule has 0 saturated carbocycles. The quantitative estimate of drug-likeness (QED) is 0.457. The molecule has 9 nitrogen and oxygen atoms in total. The lowest BCUT2D eigenvalue weighted by Gasteiger charge is -2.23. The molecular formula is C25H29N5O4S. The van der Waals surface area contributed by atoms with Gasteiger partial charge in [-0.15, -0.1) is 11.3 Å². The number of nitrogens with one attached hydrogen (secondary N) is 2. The highest BCUT2D eigenvalue weighted by molar-refractivity contribution is 7.12. The van der Waals surface area contributed by atoms with Gasteiger partial charge in [-0.25, -0.2) is 19.5 Å². The van der Waals surface area contributed by atoms with Gasteiger partial charge in [-0.05, 0) is 50.6 Å². The average Bonchev–Trinajstić information content (AvgIpc) is 3.23. The molecule has 0 fully saturated rings. The number of pyridine rings is 1. The van der Waals surface area contributed by atoms with Gasteiger partial charge >= 0.3 is 12.1 Å². The number of nitrogens with zero attached hydrogens (tertiary/aromatic N) is 2. The molecular weight excluding hydrogens is 466 g/mol. The molecule has 35 heavy (non-hydrogen) atoms. The lowest BCUT2D eigenvalue weighted by molar-refractivity contribution is 0.0369. The van der Waals surface area contributed by atoms with E-state index in [1.165, 1.54) is 29.6 Å². The van der Waals surface area contributed by atoms with E-state index in [9.17, 15) is 14.4 Å². The topological polar surface area (TPSA) is 127 Å². The highest BCUT2D eigenvalue weighted by Crippen LogP contribution is 2.20. The Bertz CT molecular complexity index is 1200. The standard InChI is InChI=1S/C25H29N5O4S/c1-25(2,3)34-24(33)30(4)23(32)29-20-13-12-19(21(26)28-20)22(31)27-15-18-11-10-17(35-18)14-16-8-6-5-7-9-16/h5-13H,14-15H2,1-4H3,(H,27,31)(H3,26,28,29,32). The summed E-state index contributed by atoms with van der Waals surface area (Å²) < 4.78 is 5.16. The van der Waals surface area contributed by atoms with E-state index in [2.05, 4.69) is 33.8 Å². The highest BCUT2D eigenvalue weighted by Gasteiger charge is 2.24. The van der Waals surface area contributed by atoms with Gasteiger partial charge in [0.05, 0.1) is 12.1 Å². The van der Waals surface area contributed by atoms with Crippen LogP contribution in [0.5, 0.6) is 0 Å². The first-order valence-electron chi connectivity index (χ1n) is 11.0. The summed E-state index contributed by atoms with van der Waals surface area (Å²) >= 11 is 1.64. The monoisotopic (exact) mass is 495 g/mol. The zero-order valence-corrected chi connectivity index (χ0v) is 20.9. The minimum Gasteiger partial charge on any atom is -0.443 e. The Balaban J connectivity index is 1.55. The number of thiophene rings is 1. The second-order valence-electron chi connectivity index (χ2n) is 8.81. The first kappa shape index (κ1) is 25.7. The van der Waals surface area contributed by atoms with E-state index in [1.807, 2.05) is 24.3 Å². The molecule has 2 heterocycles. The smallest absolute Gasteiger partial charge is 0.418 e. The van der Waals surface area contributed by atoms with Crippen LogP contribution in [0.4, 0.5) is 21.2 Å². The van der Waals surface area contributed by atoms with Gasteiger partial charge in [0.1, 0.15) is 17.2 Å². The number of carbonyl (C=O) groups is 3. The molecule has 0 unspecified atom stereocenters. The molecule has 3 rings (SSSR count). The Labute approximate surface area is 208 Å². The predicted molar refractivity (Wildman–Crippen MR) is 136 cm³/mol. The number of nitrogens with two attached hydrogens (primary N) is 1. The van der Waals surface area contributed by atoms with E-state index in [1.54, 1.807) is 32.1 Å². The Morgan fingerprint density at radius 2 is 1.71 bits per heavy atom. The molecule has 0 radical (unpaired) electrons. The molecule has 3 aromatic rings. The summed E-state index contributed by atoms with van der Waals surface area (Å²) in [5, 5.41) is 5.30. The molecule has 0 bridgehead atoms. The van der Waals surface area contributed by atoms with Crippen LogP contribution < -0.4 is 16.4 Å². The molecule has 0 aliphatic heterocycles. The van der Waals surface area contributed by atoms with Crippen LogP contribution in [0.1, 0.15) is 46.4 Å². The maximum atomic E-state index is 12.6. The molecule has 4 amide bonds. The van der Waals surface area contributed by atoms with Crippen LogP contribution in [0, 0.1) is 0 Å². The zero-order chi connectivity index (χ0) is 25.6. The Morgan fingerprint density at radius 3 is 2.37 bits per heavy atom. The van der Waals surface area contributed by atoms with Crippen molar-refractivity contribution >= 4 is 41.0 Å². The number of hydrogen-bond acceptors (Lipinski definition) is 7. The van der Waals surface area contributed by atoms with Gasteiger partial charge in [0.25, 0.3) is 5.91 Å². The van der Waals surface area contributed by atoms with Crippen LogP contribution in [0.15, 0.2) is 54.6 Å². The summed E-state index contributed by atoms with van der Waals surface area (Å²) in [7, 11) is 1.28. The van der Waals surface area contributed by atoms with E-state index in [4.69, 9.17) is 10.5 Å². The Kier molecular flexibility index (Phi) is 8.08. The second kappa shape index (κ2) is 11.0. The van der Waals surface area contributed by atoms with Crippen LogP contribution in [0.25, 0.3) is 0 Å². The van der Waals surface area contributed by atoms with Crippen LogP contribution in [-0.4, -0.2) is 40.6 Å². The number of imide groups is 1. The lowest BCUT2D eigenvalue weighted by Crippen LogP contribution is -2.40. The van der Waals surface area contributed by atoms with Crippen LogP contribution >= 0.6 is 11.3 Å². The fourth-order valence-corrected chi connectivity index (χ4v) is 4.01. The van der Waals surface area contributed by atoms with E-state index in [-0.39, 0.29) is 23.1 Å². The van der Waals surface area contributed by atoms with Crippen molar-refractivity contribution in [1.29, 1.82) is 0 Å². The summed E-state index contributed by atoms with van der Waals surface area (Å²) in [5.41, 5.74) is 6.62. The van der Waals surface area contributed by atoms with E-state index < -0.39 is 17.7 Å². The van der Waals surface area contributed by atoms with Gasteiger partial charge in [0.2, 0.25) is 0 Å². The van der Waals surface area contributed by atoms with Crippen LogP contribution in [0.3, 0.4) is 0 Å². The van der Waals surface area contributed by atoms with Gasteiger partial charge in [0, 0.05) is 23.2 Å². The summed E-state index contributed by atoms with van der Waals surface area (Å²) in [6.45, 7) is 5.46. The minimum atomic E-state index is -0.806. The highest BCUT2D eigenvalue weighted by atomic mass is 32.1. The predicted octanol–water partition coefficient (Wildman–Crippen LogP) is 4.64. The number of amides is 4. The fourth-order valence-electron chi connectivity index (χ4n) is 3.02. The normalized spacial score (nSPS) is 11.0. The maximum absolute atomic E-state index is 12.6. The molecule has 0 spiro atoms. The van der Waals surface area contributed by atoms with Gasteiger partial charge in [0.15, 0.2) is 0 Å². The molecule has 184 valence electrons. The molecule has 10 heteroatoms.